The van der Waals surface area contributed by atoms with Crippen LogP contribution in [0.5, 0.6) is 0 Å². The molecular weight excluding hydrogens is 271 g/mol. The highest BCUT2D eigenvalue weighted by Crippen LogP contribution is 2.01. The molecule has 0 spiro atoms. The second kappa shape index (κ2) is 7.85. The van der Waals surface area contributed by atoms with Crippen LogP contribution >= 0.6 is 0 Å². The highest BCUT2D eigenvalue weighted by Gasteiger charge is 2.17. The smallest absolute Gasteiger partial charge is 0.254 e. The number of benzene rings is 1. The third-order valence-corrected chi connectivity index (χ3v) is 3.55. The predicted molar refractivity (Wildman–Crippen MR) is 80.7 cm³/mol. The number of piperazine rings is 1. The summed E-state index contributed by atoms with van der Waals surface area (Å²) in [6.45, 7) is 7.38. The minimum Gasteiger partial charge on any atom is -0.301 e. The van der Waals surface area contributed by atoms with Gasteiger partial charge in [0, 0.05) is 26.2 Å². The minimum atomic E-state index is -0.289. The Hall–Kier alpha value is -1.79. The molecule has 1 aromatic carbocycles. The van der Waals surface area contributed by atoms with Gasteiger partial charge in [0.05, 0.1) is 12.8 Å². The zero-order chi connectivity index (χ0) is 15.1. The van der Waals surface area contributed by atoms with Crippen LogP contribution in [0.1, 0.15) is 12.5 Å². The van der Waals surface area contributed by atoms with Crippen molar-refractivity contribution in [2.45, 2.75) is 6.92 Å². The largest absolute Gasteiger partial charge is 0.301 e. The molecule has 1 aliphatic heterocycles. The lowest BCUT2D eigenvalue weighted by molar-refractivity contribution is -0.122. The number of hydrogen-bond donors (Lipinski definition) is 1. The molecule has 0 radical (unpaired) electrons. The number of hydrogen-bond acceptors (Lipinski definition) is 4. The number of carbonyl (C=O) groups excluding carboxylic acids is 1. The molecule has 0 atom stereocenters. The van der Waals surface area contributed by atoms with Gasteiger partial charge >= 0.3 is 0 Å². The third-order valence-electron chi connectivity index (χ3n) is 3.55. The van der Waals surface area contributed by atoms with Crippen molar-refractivity contribution in [3.05, 3.63) is 35.6 Å². The standard InChI is InChI=1S/C15H21FN4O/c1-2-19-7-9-20(10-8-19)12-15(21)18-17-11-13-3-5-14(16)6-4-13/h3-6,11H,2,7-10,12H2,1H3,(H,18,21). The summed E-state index contributed by atoms with van der Waals surface area (Å²) in [6.07, 6.45) is 1.51. The average molecular weight is 292 g/mol. The first-order valence-electron chi connectivity index (χ1n) is 7.19. The molecule has 1 N–H and O–H groups in total. The SMILES string of the molecule is CCN1CCN(CC(=O)NN=Cc2ccc(F)cc2)CC1. The molecule has 114 valence electrons. The van der Waals surface area contributed by atoms with Gasteiger partial charge in [0.1, 0.15) is 5.82 Å². The van der Waals surface area contributed by atoms with Crippen LogP contribution in [0, 0.1) is 5.82 Å². The fourth-order valence-corrected chi connectivity index (χ4v) is 2.23. The Balaban J connectivity index is 1.71. The molecule has 2 rings (SSSR count). The lowest BCUT2D eigenvalue weighted by Gasteiger charge is -2.33. The first-order chi connectivity index (χ1) is 10.2. The maximum atomic E-state index is 12.7. The summed E-state index contributed by atoms with van der Waals surface area (Å²) < 4.78 is 12.7. The number of nitrogens with one attached hydrogen (secondary N) is 1. The predicted octanol–water partition coefficient (Wildman–Crippen LogP) is 0.913. The number of rotatable bonds is 5. The molecule has 1 heterocycles. The summed E-state index contributed by atoms with van der Waals surface area (Å²) in [7, 11) is 0. The molecule has 0 unspecified atom stereocenters. The van der Waals surface area contributed by atoms with Gasteiger partial charge < -0.3 is 4.90 Å². The molecular formula is C15H21FN4O. The molecule has 21 heavy (non-hydrogen) atoms. The Kier molecular flexibility index (Phi) is 5.83. The van der Waals surface area contributed by atoms with Crippen molar-refractivity contribution in [2.24, 2.45) is 5.10 Å². The fourth-order valence-electron chi connectivity index (χ4n) is 2.23. The molecule has 0 aliphatic carbocycles. The van der Waals surface area contributed by atoms with Crippen LogP contribution < -0.4 is 5.43 Å². The van der Waals surface area contributed by atoms with Crippen molar-refractivity contribution in [2.75, 3.05) is 39.3 Å². The van der Waals surface area contributed by atoms with E-state index in [2.05, 4.69) is 27.3 Å². The van der Waals surface area contributed by atoms with Crippen molar-refractivity contribution in [3.8, 4) is 0 Å². The molecule has 0 saturated carbocycles. The summed E-state index contributed by atoms with van der Waals surface area (Å²) >= 11 is 0. The van der Waals surface area contributed by atoms with Crippen LogP contribution in [0.2, 0.25) is 0 Å². The number of halogens is 1. The quantitative estimate of drug-likeness (QED) is 0.648. The van der Waals surface area contributed by atoms with E-state index in [1.165, 1.54) is 18.3 Å². The molecule has 1 fully saturated rings. The number of amides is 1. The van der Waals surface area contributed by atoms with Gasteiger partial charge in [0.25, 0.3) is 5.91 Å². The molecule has 0 bridgehead atoms. The van der Waals surface area contributed by atoms with Crippen LogP contribution in [0.3, 0.4) is 0 Å². The second-order valence-corrected chi connectivity index (χ2v) is 5.06. The molecule has 1 amide bonds. The van der Waals surface area contributed by atoms with Gasteiger partial charge in [-0.15, -0.1) is 0 Å². The number of nitrogens with zero attached hydrogens (tertiary/aromatic N) is 3. The van der Waals surface area contributed by atoms with Gasteiger partial charge in [-0.2, -0.15) is 5.10 Å². The minimum absolute atomic E-state index is 0.127. The van der Waals surface area contributed by atoms with Gasteiger partial charge in [-0.05, 0) is 24.2 Å². The van der Waals surface area contributed by atoms with Crippen molar-refractivity contribution in [1.29, 1.82) is 0 Å². The van der Waals surface area contributed by atoms with Gasteiger partial charge in [0.2, 0.25) is 0 Å². The Morgan fingerprint density at radius 1 is 1.24 bits per heavy atom. The van der Waals surface area contributed by atoms with E-state index in [0.717, 1.165) is 38.3 Å². The topological polar surface area (TPSA) is 47.9 Å². The number of likely N-dealkylation sites (N-methyl/N-ethyl adjacent to an activating group) is 1. The van der Waals surface area contributed by atoms with E-state index in [0.29, 0.717) is 6.54 Å². The van der Waals surface area contributed by atoms with Gasteiger partial charge in [0.15, 0.2) is 0 Å². The Labute approximate surface area is 124 Å². The molecule has 1 aromatic rings. The van der Waals surface area contributed by atoms with E-state index in [1.807, 2.05) is 0 Å². The first-order valence-corrected chi connectivity index (χ1v) is 7.19. The summed E-state index contributed by atoms with van der Waals surface area (Å²) in [5.41, 5.74) is 3.24. The highest BCUT2D eigenvalue weighted by molar-refractivity contribution is 5.83. The lowest BCUT2D eigenvalue weighted by Crippen LogP contribution is -2.48. The van der Waals surface area contributed by atoms with E-state index in [4.69, 9.17) is 0 Å². The van der Waals surface area contributed by atoms with Crippen molar-refractivity contribution < 1.29 is 9.18 Å². The highest BCUT2D eigenvalue weighted by atomic mass is 19.1. The maximum Gasteiger partial charge on any atom is 0.254 e. The monoisotopic (exact) mass is 292 g/mol. The molecule has 6 heteroatoms. The zero-order valence-corrected chi connectivity index (χ0v) is 12.3. The number of carbonyl (C=O) groups is 1. The van der Waals surface area contributed by atoms with Gasteiger partial charge in [-0.3, -0.25) is 9.69 Å². The van der Waals surface area contributed by atoms with Crippen molar-refractivity contribution >= 4 is 12.1 Å². The van der Waals surface area contributed by atoms with Crippen LogP contribution in [0.25, 0.3) is 0 Å². The van der Waals surface area contributed by atoms with E-state index in [1.54, 1.807) is 12.1 Å². The van der Waals surface area contributed by atoms with Crippen LogP contribution in [0.15, 0.2) is 29.4 Å². The molecule has 1 saturated heterocycles. The van der Waals surface area contributed by atoms with Crippen molar-refractivity contribution in [3.63, 3.8) is 0 Å². The van der Waals surface area contributed by atoms with Gasteiger partial charge in [-0.25, -0.2) is 9.82 Å². The van der Waals surface area contributed by atoms with E-state index in [-0.39, 0.29) is 11.7 Å². The number of hydrazone groups is 1. The second-order valence-electron chi connectivity index (χ2n) is 5.06. The van der Waals surface area contributed by atoms with Crippen molar-refractivity contribution in [1.82, 2.24) is 15.2 Å². The summed E-state index contributed by atoms with van der Waals surface area (Å²) in [5.74, 6) is -0.416. The van der Waals surface area contributed by atoms with E-state index >= 15 is 0 Å². The van der Waals surface area contributed by atoms with Gasteiger partial charge in [-0.1, -0.05) is 19.1 Å². The zero-order valence-electron chi connectivity index (χ0n) is 12.3. The maximum absolute atomic E-state index is 12.7. The van der Waals surface area contributed by atoms with Crippen LogP contribution in [-0.2, 0) is 4.79 Å². The third kappa shape index (κ3) is 5.24. The fraction of sp³-hybridized carbons (Fsp3) is 0.467. The average Bonchev–Trinajstić information content (AvgIpc) is 2.50. The van der Waals surface area contributed by atoms with E-state index in [9.17, 15) is 9.18 Å². The molecule has 0 aromatic heterocycles. The normalized spacial score (nSPS) is 17.2. The lowest BCUT2D eigenvalue weighted by atomic mass is 10.2. The Morgan fingerprint density at radius 3 is 2.48 bits per heavy atom. The molecule has 5 nitrogen and oxygen atoms in total. The summed E-state index contributed by atoms with van der Waals surface area (Å²) in [4.78, 5) is 16.2. The Morgan fingerprint density at radius 2 is 1.86 bits per heavy atom. The Bertz CT molecular complexity index is 481. The summed E-state index contributed by atoms with van der Waals surface area (Å²) in [5, 5.41) is 3.88. The van der Waals surface area contributed by atoms with Crippen LogP contribution in [-0.4, -0.2) is 61.2 Å². The van der Waals surface area contributed by atoms with Crippen LogP contribution in [0.4, 0.5) is 4.39 Å². The van der Waals surface area contributed by atoms with E-state index < -0.39 is 0 Å². The summed E-state index contributed by atoms with van der Waals surface area (Å²) in [6, 6.07) is 5.93. The first kappa shape index (κ1) is 15.6. The molecule has 1 aliphatic rings.